The molecule has 0 spiro atoms. The summed E-state index contributed by atoms with van der Waals surface area (Å²) in [5.41, 5.74) is 2.47. The molecule has 7 heteroatoms. The Kier molecular flexibility index (Phi) is 5.46. The fraction of sp³-hybridized carbons (Fsp3) is 0.273. The van der Waals surface area contributed by atoms with Crippen LogP contribution < -0.4 is 5.48 Å². The normalized spacial score (nSPS) is 9.61. The highest BCUT2D eigenvalue weighted by molar-refractivity contribution is 6.29. The first-order valence-electron chi connectivity index (χ1n) is 5.19. The van der Waals surface area contributed by atoms with E-state index in [4.69, 9.17) is 0 Å². The van der Waals surface area contributed by atoms with Crippen LogP contribution in [0.25, 0.3) is 0 Å². The van der Waals surface area contributed by atoms with Crippen molar-refractivity contribution in [3.63, 3.8) is 0 Å². The van der Waals surface area contributed by atoms with Gasteiger partial charge in [-0.1, -0.05) is 0 Å². The Bertz CT molecular complexity index is 432. The van der Waals surface area contributed by atoms with Gasteiger partial charge in [-0.25, -0.2) is 9.59 Å². The van der Waals surface area contributed by atoms with Crippen LogP contribution in [0.2, 0.25) is 0 Å². The molecule has 0 saturated heterocycles. The fourth-order valence-corrected chi connectivity index (χ4v) is 1.03. The Morgan fingerprint density at radius 3 is 2.72 bits per heavy atom. The predicted octanol–water partition coefficient (Wildman–Crippen LogP) is -0.125. The summed E-state index contributed by atoms with van der Waals surface area (Å²) in [5.74, 6) is -2.63. The number of hydrogen-bond acceptors (Lipinski definition) is 7. The number of esters is 1. The zero-order valence-electron chi connectivity index (χ0n) is 9.71. The Labute approximate surface area is 103 Å². The van der Waals surface area contributed by atoms with Crippen molar-refractivity contribution in [3.8, 4) is 0 Å². The highest BCUT2D eigenvalue weighted by Gasteiger charge is 2.17. The molecule has 0 amide bonds. The third-order valence-corrected chi connectivity index (χ3v) is 1.82. The lowest BCUT2D eigenvalue weighted by Crippen LogP contribution is -2.31. The van der Waals surface area contributed by atoms with Crippen LogP contribution >= 0.6 is 0 Å². The number of hydroxylamine groups is 1. The van der Waals surface area contributed by atoms with E-state index in [0.717, 1.165) is 0 Å². The topological polar surface area (TPSA) is 94.6 Å². The monoisotopic (exact) mass is 252 g/mol. The number of hydrogen-bond donors (Lipinski definition) is 1. The van der Waals surface area contributed by atoms with Gasteiger partial charge in [0.1, 0.15) is 0 Å². The number of pyridine rings is 1. The molecular formula is C11H12N2O5. The Balaban J connectivity index is 2.32. The number of ketones is 1. The second-order valence-corrected chi connectivity index (χ2v) is 3.10. The third kappa shape index (κ3) is 4.30. The van der Waals surface area contributed by atoms with E-state index in [2.05, 4.69) is 20.0 Å². The first-order valence-corrected chi connectivity index (χ1v) is 5.19. The van der Waals surface area contributed by atoms with Gasteiger partial charge in [-0.15, -0.1) is 5.48 Å². The van der Waals surface area contributed by atoms with E-state index < -0.39 is 11.9 Å². The molecule has 0 bridgehead atoms. The van der Waals surface area contributed by atoms with Crippen molar-refractivity contribution in [2.45, 2.75) is 6.92 Å². The van der Waals surface area contributed by atoms with Crippen LogP contribution in [-0.4, -0.2) is 35.9 Å². The van der Waals surface area contributed by atoms with Gasteiger partial charge in [-0.3, -0.25) is 9.78 Å². The summed E-state index contributed by atoms with van der Waals surface area (Å²) >= 11 is 0. The van der Waals surface area contributed by atoms with Crippen molar-refractivity contribution in [2.24, 2.45) is 0 Å². The van der Waals surface area contributed by atoms with E-state index >= 15 is 0 Å². The largest absolute Gasteiger partial charge is 0.458 e. The first kappa shape index (κ1) is 13.8. The number of rotatable bonds is 5. The summed E-state index contributed by atoms with van der Waals surface area (Å²) < 4.78 is 4.40. The van der Waals surface area contributed by atoms with Crippen LogP contribution in [0.4, 0.5) is 0 Å². The molecule has 0 unspecified atom stereocenters. The summed E-state index contributed by atoms with van der Waals surface area (Å²) in [6.07, 6.45) is 2.92. The number of nitrogens with zero attached hydrogens (tertiary/aromatic N) is 1. The van der Waals surface area contributed by atoms with Gasteiger partial charge in [-0.05, 0) is 19.1 Å². The van der Waals surface area contributed by atoms with Crippen molar-refractivity contribution in [1.29, 1.82) is 0 Å². The Morgan fingerprint density at radius 2 is 2.11 bits per heavy atom. The van der Waals surface area contributed by atoms with Gasteiger partial charge >= 0.3 is 11.9 Å². The standard InChI is InChI=1S/C11H12N2O5/c1-2-17-10(15)11(16)18-13-7-9(14)8-4-3-5-12-6-8/h3-6,13H,2,7H2,1H3. The summed E-state index contributed by atoms with van der Waals surface area (Å²) in [6.45, 7) is 1.38. The van der Waals surface area contributed by atoms with Crippen LogP contribution in [0.15, 0.2) is 24.5 Å². The van der Waals surface area contributed by atoms with Crippen LogP contribution in [0.5, 0.6) is 0 Å². The molecule has 1 aromatic heterocycles. The van der Waals surface area contributed by atoms with Crippen molar-refractivity contribution >= 4 is 17.7 Å². The number of carbonyl (C=O) groups excluding carboxylic acids is 3. The number of Topliss-reactive ketones (excluding diaryl/α,β-unsaturated/α-hetero) is 1. The van der Waals surface area contributed by atoms with Crippen molar-refractivity contribution in [3.05, 3.63) is 30.1 Å². The minimum Gasteiger partial charge on any atom is -0.458 e. The van der Waals surface area contributed by atoms with E-state index in [1.807, 2.05) is 0 Å². The first-order chi connectivity index (χ1) is 8.65. The van der Waals surface area contributed by atoms with Gasteiger partial charge in [0.25, 0.3) is 0 Å². The zero-order valence-corrected chi connectivity index (χ0v) is 9.71. The molecular weight excluding hydrogens is 240 g/mol. The SMILES string of the molecule is CCOC(=O)C(=O)ONCC(=O)c1cccnc1. The smallest absolute Gasteiger partial charge is 0.436 e. The molecule has 1 heterocycles. The Hall–Kier alpha value is -2.28. The minimum atomic E-state index is -1.20. The lowest BCUT2D eigenvalue weighted by Gasteiger charge is -2.04. The maximum Gasteiger partial charge on any atom is 0.436 e. The molecule has 1 N–H and O–H groups in total. The van der Waals surface area contributed by atoms with E-state index in [1.165, 1.54) is 12.4 Å². The molecule has 18 heavy (non-hydrogen) atoms. The summed E-state index contributed by atoms with van der Waals surface area (Å²) in [5, 5.41) is 0. The zero-order chi connectivity index (χ0) is 13.4. The average molecular weight is 252 g/mol. The van der Waals surface area contributed by atoms with Crippen LogP contribution in [0, 0.1) is 0 Å². The average Bonchev–Trinajstić information content (AvgIpc) is 2.39. The van der Waals surface area contributed by atoms with E-state index in [9.17, 15) is 14.4 Å². The highest BCUT2D eigenvalue weighted by atomic mass is 16.7. The molecule has 0 fully saturated rings. The molecule has 1 aromatic rings. The number of aromatic nitrogens is 1. The Morgan fingerprint density at radius 1 is 1.33 bits per heavy atom. The van der Waals surface area contributed by atoms with Gasteiger partial charge < -0.3 is 9.57 Å². The lowest BCUT2D eigenvalue weighted by molar-refractivity contribution is -0.171. The molecule has 0 atom stereocenters. The van der Waals surface area contributed by atoms with Crippen molar-refractivity contribution in [2.75, 3.05) is 13.2 Å². The molecule has 1 rings (SSSR count). The number of nitrogens with one attached hydrogen (secondary N) is 1. The molecule has 0 aliphatic carbocycles. The highest BCUT2D eigenvalue weighted by Crippen LogP contribution is 1.96. The maximum atomic E-state index is 11.5. The van der Waals surface area contributed by atoms with Gasteiger partial charge in [-0.2, -0.15) is 0 Å². The summed E-state index contributed by atoms with van der Waals surface area (Å²) in [7, 11) is 0. The van der Waals surface area contributed by atoms with Gasteiger partial charge in [0, 0.05) is 18.0 Å². The third-order valence-electron chi connectivity index (χ3n) is 1.82. The molecule has 0 aliphatic rings. The predicted molar refractivity (Wildman–Crippen MR) is 59.3 cm³/mol. The van der Waals surface area contributed by atoms with E-state index in [1.54, 1.807) is 19.1 Å². The fourth-order valence-electron chi connectivity index (χ4n) is 1.03. The van der Waals surface area contributed by atoms with Gasteiger partial charge in [0.15, 0.2) is 5.78 Å². The molecule has 0 aromatic carbocycles. The summed E-state index contributed by atoms with van der Waals surface area (Å²) in [6, 6.07) is 3.18. The second kappa shape index (κ2) is 7.13. The number of carbonyl (C=O) groups is 3. The molecule has 96 valence electrons. The van der Waals surface area contributed by atoms with Crippen LogP contribution in [-0.2, 0) is 19.2 Å². The van der Waals surface area contributed by atoms with Crippen molar-refractivity contribution < 1.29 is 24.0 Å². The van der Waals surface area contributed by atoms with E-state index in [0.29, 0.717) is 5.56 Å². The van der Waals surface area contributed by atoms with Gasteiger partial charge in [0.05, 0.1) is 13.2 Å². The maximum absolute atomic E-state index is 11.5. The molecule has 7 nitrogen and oxygen atoms in total. The summed E-state index contributed by atoms with van der Waals surface area (Å²) in [4.78, 5) is 41.5. The van der Waals surface area contributed by atoms with Crippen LogP contribution in [0.3, 0.4) is 0 Å². The van der Waals surface area contributed by atoms with Gasteiger partial charge in [0.2, 0.25) is 0 Å². The lowest BCUT2D eigenvalue weighted by atomic mass is 10.2. The molecule has 0 radical (unpaired) electrons. The second-order valence-electron chi connectivity index (χ2n) is 3.10. The van der Waals surface area contributed by atoms with E-state index in [-0.39, 0.29) is 18.9 Å². The van der Waals surface area contributed by atoms with Crippen LogP contribution in [0.1, 0.15) is 17.3 Å². The quantitative estimate of drug-likeness (QED) is 0.337. The minimum absolute atomic E-state index is 0.0720. The molecule has 0 saturated carbocycles. The molecule has 0 aliphatic heterocycles. The number of ether oxygens (including phenoxy) is 1. The van der Waals surface area contributed by atoms with Crippen molar-refractivity contribution in [1.82, 2.24) is 10.5 Å².